The fourth-order valence-electron chi connectivity index (χ4n) is 2.43. The second-order valence-corrected chi connectivity index (χ2v) is 5.55. The molecule has 3 N–H and O–H groups in total. The van der Waals surface area contributed by atoms with Gasteiger partial charge in [0.1, 0.15) is 0 Å². The Bertz CT molecular complexity index is 753. The third kappa shape index (κ3) is 4.17. The highest BCUT2D eigenvalue weighted by Crippen LogP contribution is 2.18. The molecule has 0 saturated carbocycles. The van der Waals surface area contributed by atoms with E-state index in [4.69, 9.17) is 5.73 Å². The largest absolute Gasteiger partial charge is 0.354 e. The van der Waals surface area contributed by atoms with E-state index in [9.17, 15) is 0 Å². The number of nitrogens with one attached hydrogen (secondary N) is 1. The number of benzene rings is 1. The quantitative estimate of drug-likeness (QED) is 0.623. The highest BCUT2D eigenvalue weighted by Gasteiger charge is 2.06. The summed E-state index contributed by atoms with van der Waals surface area (Å²) in [6, 6.07) is 11.9. The number of unbranched alkanes of at least 4 members (excludes halogenated alkanes) is 2. The predicted octanol–water partition coefficient (Wildman–Crippen LogP) is 2.87. The van der Waals surface area contributed by atoms with E-state index < -0.39 is 0 Å². The van der Waals surface area contributed by atoms with Crippen molar-refractivity contribution < 1.29 is 0 Å². The summed E-state index contributed by atoms with van der Waals surface area (Å²) in [5, 5.41) is 7.67. The minimum Gasteiger partial charge on any atom is -0.354 e. The third-order valence-electron chi connectivity index (χ3n) is 3.72. The van der Waals surface area contributed by atoms with Crippen molar-refractivity contribution in [2.75, 3.05) is 18.4 Å². The van der Waals surface area contributed by atoms with Gasteiger partial charge in [-0.1, -0.05) is 24.6 Å². The summed E-state index contributed by atoms with van der Waals surface area (Å²) in [6.45, 7) is 1.60. The van der Waals surface area contributed by atoms with Crippen LogP contribution in [0.5, 0.6) is 0 Å². The third-order valence-corrected chi connectivity index (χ3v) is 3.72. The lowest BCUT2D eigenvalue weighted by atomic mass is 10.2. The lowest BCUT2D eigenvalue weighted by Gasteiger charge is -2.05. The zero-order valence-corrected chi connectivity index (χ0v) is 13.6. The van der Waals surface area contributed by atoms with Crippen LogP contribution < -0.4 is 11.1 Å². The predicted molar refractivity (Wildman–Crippen MR) is 96.0 cm³/mol. The fourth-order valence-corrected chi connectivity index (χ4v) is 2.43. The van der Waals surface area contributed by atoms with Gasteiger partial charge in [0.25, 0.3) is 0 Å². The monoisotopic (exact) mass is 322 g/mol. The lowest BCUT2D eigenvalue weighted by Crippen LogP contribution is -2.06. The van der Waals surface area contributed by atoms with Gasteiger partial charge in [0.2, 0.25) is 5.95 Å². The van der Waals surface area contributed by atoms with E-state index in [1.54, 1.807) is 6.20 Å². The van der Waals surface area contributed by atoms with Gasteiger partial charge >= 0.3 is 0 Å². The van der Waals surface area contributed by atoms with Gasteiger partial charge in [-0.25, -0.2) is 14.6 Å². The van der Waals surface area contributed by atoms with Crippen LogP contribution in [0.3, 0.4) is 0 Å². The molecule has 0 aliphatic heterocycles. The number of nitrogens with zero attached hydrogens (tertiary/aromatic N) is 4. The smallest absolute Gasteiger partial charge is 0.223 e. The highest BCUT2D eigenvalue weighted by molar-refractivity contribution is 5.58. The van der Waals surface area contributed by atoms with Gasteiger partial charge in [-0.05, 0) is 37.6 Å². The molecule has 0 saturated heterocycles. The molecule has 0 unspecified atom stereocenters. The topological polar surface area (TPSA) is 81.6 Å². The van der Waals surface area contributed by atoms with Crippen LogP contribution in [0.2, 0.25) is 0 Å². The van der Waals surface area contributed by atoms with E-state index in [-0.39, 0.29) is 0 Å². The Morgan fingerprint density at radius 2 is 1.92 bits per heavy atom. The standard InChI is InChI=1S/C18H22N6/c19-10-5-2-6-11-20-18-21-12-9-17(23-18)15-13-22-24(14-15)16-7-3-1-4-8-16/h1,3-4,7-9,12-14H,2,5-6,10-11,19H2,(H,20,21,23). The number of hydrogen-bond donors (Lipinski definition) is 2. The summed E-state index contributed by atoms with van der Waals surface area (Å²) >= 11 is 0. The molecular weight excluding hydrogens is 300 g/mol. The summed E-state index contributed by atoms with van der Waals surface area (Å²) in [7, 11) is 0. The Kier molecular flexibility index (Phi) is 5.52. The Labute approximate surface area is 141 Å². The average molecular weight is 322 g/mol. The van der Waals surface area contributed by atoms with Crippen molar-refractivity contribution in [3.63, 3.8) is 0 Å². The first-order chi connectivity index (χ1) is 11.9. The molecule has 2 aromatic heterocycles. The molecule has 0 bridgehead atoms. The number of rotatable bonds is 8. The van der Waals surface area contributed by atoms with Gasteiger partial charge in [0.15, 0.2) is 0 Å². The van der Waals surface area contributed by atoms with Crippen molar-refractivity contribution in [3.8, 4) is 16.9 Å². The van der Waals surface area contributed by atoms with E-state index in [0.717, 1.165) is 49.3 Å². The summed E-state index contributed by atoms with van der Waals surface area (Å²) in [6.07, 6.45) is 8.80. The highest BCUT2D eigenvalue weighted by atomic mass is 15.3. The van der Waals surface area contributed by atoms with Gasteiger partial charge in [0.05, 0.1) is 17.6 Å². The number of para-hydroxylation sites is 1. The van der Waals surface area contributed by atoms with Crippen molar-refractivity contribution in [3.05, 3.63) is 55.0 Å². The molecule has 0 fully saturated rings. The van der Waals surface area contributed by atoms with Gasteiger partial charge in [-0.15, -0.1) is 0 Å². The van der Waals surface area contributed by atoms with Crippen molar-refractivity contribution in [2.45, 2.75) is 19.3 Å². The average Bonchev–Trinajstić information content (AvgIpc) is 3.13. The summed E-state index contributed by atoms with van der Waals surface area (Å²) in [5.41, 5.74) is 8.34. The number of aromatic nitrogens is 4. The van der Waals surface area contributed by atoms with Gasteiger partial charge in [-0.3, -0.25) is 0 Å². The maximum atomic E-state index is 5.50. The summed E-state index contributed by atoms with van der Waals surface area (Å²) in [4.78, 5) is 8.84. The van der Waals surface area contributed by atoms with E-state index in [0.29, 0.717) is 5.95 Å². The van der Waals surface area contributed by atoms with Crippen LogP contribution in [-0.2, 0) is 0 Å². The Hall–Kier alpha value is -2.73. The second-order valence-electron chi connectivity index (χ2n) is 5.55. The molecule has 0 atom stereocenters. The minimum absolute atomic E-state index is 0.646. The Balaban J connectivity index is 1.67. The molecule has 124 valence electrons. The van der Waals surface area contributed by atoms with Crippen molar-refractivity contribution >= 4 is 5.95 Å². The first-order valence-electron chi connectivity index (χ1n) is 8.24. The maximum absolute atomic E-state index is 5.50. The first-order valence-corrected chi connectivity index (χ1v) is 8.24. The van der Waals surface area contributed by atoms with Crippen LogP contribution in [-0.4, -0.2) is 32.8 Å². The van der Waals surface area contributed by atoms with E-state index in [1.807, 2.05) is 53.5 Å². The van der Waals surface area contributed by atoms with E-state index in [1.165, 1.54) is 0 Å². The molecule has 2 heterocycles. The van der Waals surface area contributed by atoms with Crippen molar-refractivity contribution in [1.29, 1.82) is 0 Å². The van der Waals surface area contributed by atoms with Crippen LogP contribution in [0.15, 0.2) is 55.0 Å². The maximum Gasteiger partial charge on any atom is 0.223 e. The molecule has 24 heavy (non-hydrogen) atoms. The SMILES string of the molecule is NCCCCCNc1nccc(-c2cnn(-c3ccccc3)c2)n1. The fraction of sp³-hybridized carbons (Fsp3) is 0.278. The number of hydrogen-bond acceptors (Lipinski definition) is 5. The van der Waals surface area contributed by atoms with Gasteiger partial charge in [0, 0.05) is 24.5 Å². The second kappa shape index (κ2) is 8.21. The van der Waals surface area contributed by atoms with Crippen LogP contribution in [0.25, 0.3) is 16.9 Å². The van der Waals surface area contributed by atoms with Crippen molar-refractivity contribution in [2.24, 2.45) is 5.73 Å². The molecular formula is C18H22N6. The lowest BCUT2D eigenvalue weighted by molar-refractivity contribution is 0.705. The molecule has 3 rings (SSSR count). The molecule has 6 nitrogen and oxygen atoms in total. The first kappa shape index (κ1) is 16.1. The zero-order valence-electron chi connectivity index (χ0n) is 13.6. The van der Waals surface area contributed by atoms with Gasteiger partial charge in [-0.2, -0.15) is 5.10 Å². The van der Waals surface area contributed by atoms with Crippen LogP contribution >= 0.6 is 0 Å². The number of nitrogens with two attached hydrogens (primary N) is 1. The zero-order chi connectivity index (χ0) is 16.6. The molecule has 0 amide bonds. The van der Waals surface area contributed by atoms with Gasteiger partial charge < -0.3 is 11.1 Å². The summed E-state index contributed by atoms with van der Waals surface area (Å²) < 4.78 is 1.84. The summed E-state index contributed by atoms with van der Waals surface area (Å²) in [5.74, 6) is 0.646. The van der Waals surface area contributed by atoms with Crippen LogP contribution in [0.1, 0.15) is 19.3 Å². The van der Waals surface area contributed by atoms with Crippen molar-refractivity contribution in [1.82, 2.24) is 19.7 Å². The number of anilines is 1. The van der Waals surface area contributed by atoms with Crippen LogP contribution in [0.4, 0.5) is 5.95 Å². The molecule has 0 aliphatic rings. The molecule has 0 radical (unpaired) electrons. The normalized spacial score (nSPS) is 10.7. The minimum atomic E-state index is 0.646. The molecule has 3 aromatic rings. The van der Waals surface area contributed by atoms with E-state index >= 15 is 0 Å². The molecule has 0 aliphatic carbocycles. The molecule has 6 heteroatoms. The van der Waals surface area contributed by atoms with Crippen LogP contribution in [0, 0.1) is 0 Å². The Morgan fingerprint density at radius 3 is 2.75 bits per heavy atom. The molecule has 1 aromatic carbocycles. The Morgan fingerprint density at radius 1 is 1.04 bits per heavy atom. The molecule has 0 spiro atoms. The van der Waals surface area contributed by atoms with E-state index in [2.05, 4.69) is 20.4 Å².